The topological polar surface area (TPSA) is 74.7 Å². The normalized spacial score (nSPS) is 38.8. The van der Waals surface area contributed by atoms with E-state index in [2.05, 4.69) is 0 Å². The van der Waals surface area contributed by atoms with E-state index < -0.39 is 27.2 Å². The molecule has 1 saturated heterocycles. The SMILES string of the molecule is O=C(O)C1CCCC1S(=O)(=O)N1CCCC2CCCC21. The van der Waals surface area contributed by atoms with E-state index in [4.69, 9.17) is 0 Å². The Morgan fingerprint density at radius 2 is 1.70 bits per heavy atom. The summed E-state index contributed by atoms with van der Waals surface area (Å²) in [5.41, 5.74) is 0. The first kappa shape index (κ1) is 14.3. The van der Waals surface area contributed by atoms with Crippen molar-refractivity contribution in [3.63, 3.8) is 0 Å². The molecular formula is C14H23NO4S. The average Bonchev–Trinajstić information content (AvgIpc) is 3.06. The minimum Gasteiger partial charge on any atom is -0.481 e. The molecule has 1 aliphatic heterocycles. The van der Waals surface area contributed by atoms with E-state index in [9.17, 15) is 18.3 Å². The molecular weight excluding hydrogens is 278 g/mol. The van der Waals surface area contributed by atoms with Gasteiger partial charge in [-0.1, -0.05) is 12.8 Å². The van der Waals surface area contributed by atoms with Crippen molar-refractivity contribution >= 4 is 16.0 Å². The zero-order valence-corrected chi connectivity index (χ0v) is 12.5. The van der Waals surface area contributed by atoms with Gasteiger partial charge in [0, 0.05) is 12.6 Å². The Morgan fingerprint density at radius 1 is 1.00 bits per heavy atom. The second-order valence-corrected chi connectivity index (χ2v) is 8.57. The number of nitrogens with zero attached hydrogens (tertiary/aromatic N) is 1. The molecule has 6 heteroatoms. The molecule has 4 unspecified atom stereocenters. The van der Waals surface area contributed by atoms with Crippen molar-refractivity contribution in [2.45, 2.75) is 62.7 Å². The van der Waals surface area contributed by atoms with Crippen LogP contribution in [0.15, 0.2) is 0 Å². The molecule has 114 valence electrons. The summed E-state index contributed by atoms with van der Waals surface area (Å²) in [7, 11) is -3.46. The first-order valence-electron chi connectivity index (χ1n) is 7.75. The third-order valence-corrected chi connectivity index (χ3v) is 7.86. The monoisotopic (exact) mass is 301 g/mol. The number of rotatable bonds is 3. The smallest absolute Gasteiger partial charge is 0.307 e. The largest absolute Gasteiger partial charge is 0.481 e. The molecule has 0 spiro atoms. The quantitative estimate of drug-likeness (QED) is 0.863. The third-order valence-electron chi connectivity index (χ3n) is 5.42. The maximum absolute atomic E-state index is 12.9. The van der Waals surface area contributed by atoms with Gasteiger partial charge in [0.2, 0.25) is 10.0 Å². The van der Waals surface area contributed by atoms with Crippen LogP contribution in [-0.2, 0) is 14.8 Å². The molecule has 3 aliphatic rings. The summed E-state index contributed by atoms with van der Waals surface area (Å²) >= 11 is 0. The summed E-state index contributed by atoms with van der Waals surface area (Å²) in [4.78, 5) is 11.3. The number of aliphatic carboxylic acids is 1. The summed E-state index contributed by atoms with van der Waals surface area (Å²) in [6.07, 6.45) is 6.96. The van der Waals surface area contributed by atoms with Crippen molar-refractivity contribution in [2.24, 2.45) is 11.8 Å². The molecule has 0 aromatic rings. The Hall–Kier alpha value is -0.620. The van der Waals surface area contributed by atoms with Gasteiger partial charge in [0.25, 0.3) is 0 Å². The molecule has 0 aromatic heterocycles. The molecule has 0 bridgehead atoms. The number of hydrogen-bond donors (Lipinski definition) is 1. The molecule has 2 saturated carbocycles. The molecule has 20 heavy (non-hydrogen) atoms. The summed E-state index contributed by atoms with van der Waals surface area (Å²) in [6.45, 7) is 0.590. The molecule has 4 atom stereocenters. The highest BCUT2D eigenvalue weighted by atomic mass is 32.2. The first-order valence-corrected chi connectivity index (χ1v) is 9.25. The van der Waals surface area contributed by atoms with E-state index in [-0.39, 0.29) is 6.04 Å². The summed E-state index contributed by atoms with van der Waals surface area (Å²) in [6, 6.07) is 0.142. The van der Waals surface area contributed by atoms with Gasteiger partial charge in [0.05, 0.1) is 11.2 Å². The van der Waals surface area contributed by atoms with Crippen molar-refractivity contribution < 1.29 is 18.3 Å². The summed E-state index contributed by atoms with van der Waals surface area (Å²) in [5, 5.41) is 8.55. The number of carboxylic acids is 1. The lowest BCUT2D eigenvalue weighted by molar-refractivity contribution is -0.141. The van der Waals surface area contributed by atoms with Crippen molar-refractivity contribution in [2.75, 3.05) is 6.54 Å². The summed E-state index contributed by atoms with van der Waals surface area (Å²) in [5.74, 6) is -1.15. The lowest BCUT2D eigenvalue weighted by Gasteiger charge is -2.38. The van der Waals surface area contributed by atoms with Crippen molar-refractivity contribution in [1.29, 1.82) is 0 Å². The van der Waals surface area contributed by atoms with Crippen LogP contribution in [0.1, 0.15) is 51.4 Å². The van der Waals surface area contributed by atoms with Gasteiger partial charge >= 0.3 is 5.97 Å². The lowest BCUT2D eigenvalue weighted by Crippen LogP contribution is -2.51. The highest BCUT2D eigenvalue weighted by molar-refractivity contribution is 7.89. The Balaban J connectivity index is 1.85. The average molecular weight is 301 g/mol. The van der Waals surface area contributed by atoms with Crippen LogP contribution in [0.3, 0.4) is 0 Å². The number of fused-ring (bicyclic) bond motifs is 1. The van der Waals surface area contributed by atoms with Gasteiger partial charge in [-0.25, -0.2) is 8.42 Å². The Morgan fingerprint density at radius 3 is 2.45 bits per heavy atom. The highest BCUT2D eigenvalue weighted by Crippen LogP contribution is 2.41. The Labute approximate surface area is 120 Å². The predicted molar refractivity (Wildman–Crippen MR) is 74.8 cm³/mol. The number of hydrogen-bond acceptors (Lipinski definition) is 3. The minimum absolute atomic E-state index is 0.142. The number of piperidine rings is 1. The number of sulfonamides is 1. The number of carboxylic acid groups (broad SMARTS) is 1. The predicted octanol–water partition coefficient (Wildman–Crippen LogP) is 1.83. The van der Waals surface area contributed by atoms with E-state index >= 15 is 0 Å². The molecule has 5 nitrogen and oxygen atoms in total. The summed E-state index contributed by atoms with van der Waals surface area (Å²) < 4.78 is 27.5. The molecule has 2 aliphatic carbocycles. The molecule has 0 aromatic carbocycles. The zero-order valence-electron chi connectivity index (χ0n) is 11.7. The third kappa shape index (κ3) is 2.26. The Bertz CT molecular complexity index is 489. The van der Waals surface area contributed by atoms with Crippen LogP contribution in [0.4, 0.5) is 0 Å². The maximum atomic E-state index is 12.9. The second kappa shape index (κ2) is 5.30. The van der Waals surface area contributed by atoms with E-state index in [1.807, 2.05) is 0 Å². The van der Waals surface area contributed by atoms with Crippen LogP contribution in [0.25, 0.3) is 0 Å². The van der Waals surface area contributed by atoms with Crippen LogP contribution in [0.2, 0.25) is 0 Å². The van der Waals surface area contributed by atoms with Gasteiger partial charge in [-0.2, -0.15) is 4.31 Å². The van der Waals surface area contributed by atoms with Crippen LogP contribution >= 0.6 is 0 Å². The van der Waals surface area contributed by atoms with E-state index in [1.54, 1.807) is 4.31 Å². The lowest BCUT2D eigenvalue weighted by atomic mass is 9.94. The molecule has 3 fully saturated rings. The van der Waals surface area contributed by atoms with Crippen molar-refractivity contribution in [3.05, 3.63) is 0 Å². The van der Waals surface area contributed by atoms with Crippen LogP contribution in [-0.4, -0.2) is 41.6 Å². The molecule has 1 heterocycles. The van der Waals surface area contributed by atoms with E-state index in [1.165, 1.54) is 0 Å². The Kier molecular flexibility index (Phi) is 3.79. The van der Waals surface area contributed by atoms with Crippen molar-refractivity contribution in [1.82, 2.24) is 4.31 Å². The van der Waals surface area contributed by atoms with Gasteiger partial charge in [-0.05, 0) is 44.4 Å². The van der Waals surface area contributed by atoms with Gasteiger partial charge in [-0.15, -0.1) is 0 Å². The van der Waals surface area contributed by atoms with Gasteiger partial charge < -0.3 is 5.11 Å². The van der Waals surface area contributed by atoms with E-state index in [0.717, 1.165) is 32.1 Å². The fourth-order valence-corrected chi connectivity index (χ4v) is 6.98. The fourth-order valence-electron chi connectivity index (χ4n) is 4.46. The highest BCUT2D eigenvalue weighted by Gasteiger charge is 2.48. The van der Waals surface area contributed by atoms with E-state index in [0.29, 0.717) is 31.7 Å². The van der Waals surface area contributed by atoms with Crippen LogP contribution in [0.5, 0.6) is 0 Å². The molecule has 0 amide bonds. The molecule has 1 N–H and O–H groups in total. The van der Waals surface area contributed by atoms with Gasteiger partial charge in [0.15, 0.2) is 0 Å². The van der Waals surface area contributed by atoms with Crippen molar-refractivity contribution in [3.8, 4) is 0 Å². The minimum atomic E-state index is -3.46. The van der Waals surface area contributed by atoms with Gasteiger partial charge in [-0.3, -0.25) is 4.79 Å². The van der Waals surface area contributed by atoms with Gasteiger partial charge in [0.1, 0.15) is 0 Å². The fraction of sp³-hybridized carbons (Fsp3) is 0.929. The molecule has 3 rings (SSSR count). The van der Waals surface area contributed by atoms with Crippen LogP contribution < -0.4 is 0 Å². The second-order valence-electron chi connectivity index (χ2n) is 6.47. The molecule has 0 radical (unpaired) electrons. The van der Waals surface area contributed by atoms with Crippen LogP contribution in [0, 0.1) is 11.8 Å². The standard InChI is InChI=1S/C14H23NO4S/c16-14(17)11-6-2-8-13(11)20(18,19)15-9-3-5-10-4-1-7-12(10)15/h10-13H,1-9H2,(H,16,17). The maximum Gasteiger partial charge on any atom is 0.307 e. The zero-order chi connectivity index (χ0) is 14.3. The number of carbonyl (C=O) groups is 1. The first-order chi connectivity index (χ1) is 9.51.